The molecule has 0 radical (unpaired) electrons. The van der Waals surface area contributed by atoms with Crippen LogP contribution < -0.4 is 10.1 Å². The summed E-state index contributed by atoms with van der Waals surface area (Å²) >= 11 is 2.31. The van der Waals surface area contributed by atoms with E-state index in [4.69, 9.17) is 4.74 Å². The lowest BCUT2D eigenvalue weighted by atomic mass is 10.0. The van der Waals surface area contributed by atoms with Gasteiger partial charge in [0.2, 0.25) is 5.88 Å². The summed E-state index contributed by atoms with van der Waals surface area (Å²) < 4.78 is 6.36. The van der Waals surface area contributed by atoms with Crippen LogP contribution in [0.1, 0.15) is 17.3 Å². The van der Waals surface area contributed by atoms with Crippen LogP contribution in [0.2, 0.25) is 0 Å². The van der Waals surface area contributed by atoms with Crippen molar-refractivity contribution in [3.63, 3.8) is 0 Å². The normalized spacial score (nSPS) is 12.2. The molecule has 100 valence electrons. The van der Waals surface area contributed by atoms with Crippen molar-refractivity contribution in [2.45, 2.75) is 12.5 Å². The molecule has 0 amide bonds. The fraction of sp³-hybridized carbons (Fsp3) is 0.286. The van der Waals surface area contributed by atoms with E-state index in [9.17, 15) is 0 Å². The summed E-state index contributed by atoms with van der Waals surface area (Å²) in [6.07, 6.45) is 2.34. The van der Waals surface area contributed by atoms with Crippen LogP contribution in [-0.4, -0.2) is 24.1 Å². The number of ether oxygens (including phenoxy) is 1. The van der Waals surface area contributed by atoms with Crippen molar-refractivity contribution < 1.29 is 4.74 Å². The summed E-state index contributed by atoms with van der Waals surface area (Å²) in [6.45, 7) is 0. The van der Waals surface area contributed by atoms with Crippen LogP contribution in [0.5, 0.6) is 5.88 Å². The number of likely N-dealkylation sites (N-methyl/N-ethyl adjacent to an activating group) is 1. The molecule has 2 aromatic rings. The molecule has 1 atom stereocenters. The third-order valence-corrected chi connectivity index (χ3v) is 3.66. The van der Waals surface area contributed by atoms with Gasteiger partial charge in [-0.2, -0.15) is 0 Å². The second-order valence-electron chi connectivity index (χ2n) is 4.15. The number of methoxy groups -OCH3 is 1. The lowest BCUT2D eigenvalue weighted by molar-refractivity contribution is 0.395. The van der Waals surface area contributed by atoms with E-state index in [0.29, 0.717) is 5.88 Å². The third-order valence-electron chi connectivity index (χ3n) is 2.94. The minimum atomic E-state index is 0.233. The summed E-state index contributed by atoms with van der Waals surface area (Å²) in [6, 6.07) is 10.6. The van der Waals surface area contributed by atoms with Crippen molar-refractivity contribution in [2.75, 3.05) is 14.2 Å². The van der Waals surface area contributed by atoms with Crippen molar-refractivity contribution in [2.24, 2.45) is 0 Å². The first kappa shape index (κ1) is 14.2. The van der Waals surface area contributed by atoms with E-state index in [2.05, 4.69) is 62.1 Å². The van der Waals surface area contributed by atoms with E-state index in [0.717, 1.165) is 12.1 Å². The summed E-state index contributed by atoms with van der Waals surface area (Å²) in [4.78, 5) is 8.31. The second kappa shape index (κ2) is 6.81. The van der Waals surface area contributed by atoms with E-state index in [1.807, 2.05) is 13.1 Å². The SMILES string of the molecule is CNC(Cc1cc(OC)ncn1)c1ccc(I)cc1. The van der Waals surface area contributed by atoms with Crippen LogP contribution >= 0.6 is 22.6 Å². The zero-order chi connectivity index (χ0) is 13.7. The molecule has 1 N–H and O–H groups in total. The maximum Gasteiger partial charge on any atom is 0.216 e. The number of benzene rings is 1. The highest BCUT2D eigenvalue weighted by molar-refractivity contribution is 14.1. The molecule has 0 aliphatic carbocycles. The Balaban J connectivity index is 2.16. The van der Waals surface area contributed by atoms with Crippen molar-refractivity contribution in [3.8, 4) is 5.88 Å². The number of halogens is 1. The molecule has 0 aliphatic heterocycles. The maximum absolute atomic E-state index is 5.12. The van der Waals surface area contributed by atoms with Crippen LogP contribution in [0.4, 0.5) is 0 Å². The molecule has 0 saturated heterocycles. The Bertz CT molecular complexity index is 530. The van der Waals surface area contributed by atoms with E-state index in [-0.39, 0.29) is 6.04 Å². The summed E-state index contributed by atoms with van der Waals surface area (Å²) in [7, 11) is 3.57. The van der Waals surface area contributed by atoms with Gasteiger partial charge in [-0.1, -0.05) is 12.1 Å². The van der Waals surface area contributed by atoms with Crippen LogP contribution in [-0.2, 0) is 6.42 Å². The molecular formula is C14H16IN3O. The quantitative estimate of drug-likeness (QED) is 0.824. The average molecular weight is 369 g/mol. The molecule has 2 rings (SSSR count). The Hall–Kier alpha value is -1.21. The molecular weight excluding hydrogens is 353 g/mol. The van der Waals surface area contributed by atoms with Gasteiger partial charge in [-0.05, 0) is 47.3 Å². The first-order chi connectivity index (χ1) is 9.22. The fourth-order valence-electron chi connectivity index (χ4n) is 1.89. The Morgan fingerprint density at radius 2 is 2.00 bits per heavy atom. The molecule has 19 heavy (non-hydrogen) atoms. The van der Waals surface area contributed by atoms with Crippen molar-refractivity contribution >= 4 is 22.6 Å². The Kier molecular flexibility index (Phi) is 5.09. The van der Waals surface area contributed by atoms with Crippen LogP contribution in [0.3, 0.4) is 0 Å². The topological polar surface area (TPSA) is 47.0 Å². The number of aromatic nitrogens is 2. The lowest BCUT2D eigenvalue weighted by Crippen LogP contribution is -2.19. The van der Waals surface area contributed by atoms with Crippen molar-refractivity contribution in [1.82, 2.24) is 15.3 Å². The monoisotopic (exact) mass is 369 g/mol. The highest BCUT2D eigenvalue weighted by Gasteiger charge is 2.11. The minimum absolute atomic E-state index is 0.233. The number of rotatable bonds is 5. The Labute approximate surface area is 126 Å². The molecule has 0 fully saturated rings. The van der Waals surface area contributed by atoms with E-state index >= 15 is 0 Å². The number of hydrogen-bond donors (Lipinski definition) is 1. The van der Waals surface area contributed by atoms with Crippen LogP contribution in [0.25, 0.3) is 0 Å². The van der Waals surface area contributed by atoms with Gasteiger partial charge in [0.15, 0.2) is 0 Å². The minimum Gasteiger partial charge on any atom is -0.481 e. The smallest absolute Gasteiger partial charge is 0.216 e. The molecule has 5 heteroatoms. The predicted octanol–water partition coefficient (Wildman–Crippen LogP) is 2.59. The molecule has 1 aromatic heterocycles. The largest absolute Gasteiger partial charge is 0.481 e. The van der Waals surface area contributed by atoms with Crippen LogP contribution in [0, 0.1) is 3.57 Å². The lowest BCUT2D eigenvalue weighted by Gasteiger charge is -2.16. The van der Waals surface area contributed by atoms with E-state index in [1.165, 1.54) is 15.5 Å². The Morgan fingerprint density at radius 1 is 1.26 bits per heavy atom. The average Bonchev–Trinajstić information content (AvgIpc) is 2.46. The third kappa shape index (κ3) is 3.87. The fourth-order valence-corrected chi connectivity index (χ4v) is 2.25. The molecule has 0 saturated carbocycles. The molecule has 1 unspecified atom stereocenters. The molecule has 1 aromatic carbocycles. The highest BCUT2D eigenvalue weighted by Crippen LogP contribution is 2.19. The second-order valence-corrected chi connectivity index (χ2v) is 5.39. The molecule has 0 aliphatic rings. The van der Waals surface area contributed by atoms with E-state index in [1.54, 1.807) is 7.11 Å². The first-order valence-corrected chi connectivity index (χ1v) is 7.08. The zero-order valence-electron chi connectivity index (χ0n) is 10.9. The summed E-state index contributed by atoms with van der Waals surface area (Å²) in [5.74, 6) is 0.600. The number of nitrogens with zero attached hydrogens (tertiary/aromatic N) is 2. The first-order valence-electron chi connectivity index (χ1n) is 6.00. The predicted molar refractivity (Wildman–Crippen MR) is 83.2 cm³/mol. The van der Waals surface area contributed by atoms with Gasteiger partial charge in [0.25, 0.3) is 0 Å². The number of hydrogen-bond acceptors (Lipinski definition) is 4. The molecule has 1 heterocycles. The number of nitrogens with one attached hydrogen (secondary N) is 1. The molecule has 4 nitrogen and oxygen atoms in total. The highest BCUT2D eigenvalue weighted by atomic mass is 127. The van der Waals surface area contributed by atoms with Gasteiger partial charge >= 0.3 is 0 Å². The van der Waals surface area contributed by atoms with Gasteiger partial charge in [-0.25, -0.2) is 9.97 Å². The zero-order valence-corrected chi connectivity index (χ0v) is 13.1. The summed E-state index contributed by atoms with van der Waals surface area (Å²) in [5.41, 5.74) is 2.21. The van der Waals surface area contributed by atoms with Gasteiger partial charge in [-0.15, -0.1) is 0 Å². The van der Waals surface area contributed by atoms with Gasteiger partial charge in [-0.3, -0.25) is 0 Å². The molecule has 0 spiro atoms. The van der Waals surface area contributed by atoms with Crippen LogP contribution in [0.15, 0.2) is 36.7 Å². The van der Waals surface area contributed by atoms with Gasteiger partial charge in [0, 0.05) is 27.8 Å². The molecule has 0 bridgehead atoms. The van der Waals surface area contributed by atoms with Gasteiger partial charge < -0.3 is 10.1 Å². The summed E-state index contributed by atoms with van der Waals surface area (Å²) in [5, 5.41) is 3.32. The van der Waals surface area contributed by atoms with Gasteiger partial charge in [0.1, 0.15) is 6.33 Å². The van der Waals surface area contributed by atoms with E-state index < -0.39 is 0 Å². The van der Waals surface area contributed by atoms with Crippen molar-refractivity contribution in [3.05, 3.63) is 51.5 Å². The Morgan fingerprint density at radius 3 is 2.63 bits per heavy atom. The van der Waals surface area contributed by atoms with Crippen molar-refractivity contribution in [1.29, 1.82) is 0 Å². The standard InChI is InChI=1S/C14H16IN3O/c1-16-13(10-3-5-11(15)6-4-10)7-12-8-14(19-2)18-9-17-12/h3-6,8-9,13,16H,7H2,1-2H3. The maximum atomic E-state index is 5.12. The van der Waals surface area contributed by atoms with Gasteiger partial charge in [0.05, 0.1) is 7.11 Å².